The standard InChI is InChI=1S/C7H5NO3S.Na.H2O4S.H/c9-7-5-3-1-2-4-6(5)12(10,11)8-7;;1-5(2,3)4;/h1-4H,(H,8,9);;(H2,1,2,3,4);. The van der Waals surface area contributed by atoms with Crippen LogP contribution >= 0.6 is 0 Å². The number of benzene rings is 1. The van der Waals surface area contributed by atoms with E-state index in [-0.39, 0.29) is 40.0 Å². The summed E-state index contributed by atoms with van der Waals surface area (Å²) in [6, 6.07) is 6.09. The molecular weight excluding hydrogens is 297 g/mol. The van der Waals surface area contributed by atoms with Crippen LogP contribution in [0.3, 0.4) is 0 Å². The van der Waals surface area contributed by atoms with E-state index in [4.69, 9.17) is 17.5 Å². The fourth-order valence-electron chi connectivity index (χ4n) is 1.12. The average Bonchev–Trinajstić information content (AvgIpc) is 2.36. The van der Waals surface area contributed by atoms with Crippen molar-refractivity contribution in [2.45, 2.75) is 4.90 Å². The topological polar surface area (TPSA) is 138 Å². The summed E-state index contributed by atoms with van der Waals surface area (Å²) < 4.78 is 55.7. The zero-order valence-corrected chi connectivity index (χ0v) is 9.69. The molecular formula is C7H8NNaO7S2. The van der Waals surface area contributed by atoms with Gasteiger partial charge in [-0.2, -0.15) is 8.42 Å². The molecule has 0 bridgehead atoms. The minimum absolute atomic E-state index is 0. The molecule has 1 aromatic rings. The van der Waals surface area contributed by atoms with E-state index < -0.39 is 26.3 Å². The van der Waals surface area contributed by atoms with Gasteiger partial charge in [0.15, 0.2) is 0 Å². The Hall–Kier alpha value is -0.490. The third-order valence-corrected chi connectivity index (χ3v) is 3.04. The molecule has 1 aliphatic heterocycles. The van der Waals surface area contributed by atoms with E-state index in [0.717, 1.165) is 0 Å². The van der Waals surface area contributed by atoms with Crippen molar-refractivity contribution in [2.75, 3.05) is 0 Å². The molecule has 1 amide bonds. The molecule has 0 spiro atoms. The fraction of sp³-hybridized carbons (Fsp3) is 0. The summed E-state index contributed by atoms with van der Waals surface area (Å²) in [5.74, 6) is -0.550. The van der Waals surface area contributed by atoms with Crippen LogP contribution in [0.2, 0.25) is 0 Å². The van der Waals surface area contributed by atoms with Gasteiger partial charge in [-0.05, 0) is 12.1 Å². The summed E-state index contributed by atoms with van der Waals surface area (Å²) in [4.78, 5) is 11.1. The van der Waals surface area contributed by atoms with Crippen molar-refractivity contribution in [3.05, 3.63) is 29.8 Å². The molecule has 96 valence electrons. The van der Waals surface area contributed by atoms with Crippen molar-refractivity contribution in [3.8, 4) is 0 Å². The summed E-state index contributed by atoms with van der Waals surface area (Å²) in [5, 5.41) is 0. The monoisotopic (exact) mass is 305 g/mol. The van der Waals surface area contributed by atoms with E-state index in [9.17, 15) is 13.2 Å². The summed E-state index contributed by atoms with van der Waals surface area (Å²) in [7, 11) is -8.22. The third kappa shape index (κ3) is 5.02. The number of fused-ring (bicyclic) bond motifs is 1. The van der Waals surface area contributed by atoms with E-state index in [1.165, 1.54) is 12.1 Å². The number of carbonyl (C=O) groups excluding carboxylic acids is 1. The van der Waals surface area contributed by atoms with Gasteiger partial charge in [-0.25, -0.2) is 13.1 Å². The van der Waals surface area contributed by atoms with Crippen molar-refractivity contribution in [2.24, 2.45) is 0 Å². The second-order valence-electron chi connectivity index (χ2n) is 2.88. The Morgan fingerprint density at radius 1 is 1.11 bits per heavy atom. The van der Waals surface area contributed by atoms with Crippen molar-refractivity contribution < 1.29 is 30.7 Å². The average molecular weight is 305 g/mol. The second-order valence-corrected chi connectivity index (χ2v) is 5.43. The first-order chi connectivity index (χ1) is 7.61. The minimum atomic E-state index is -4.67. The van der Waals surface area contributed by atoms with Gasteiger partial charge in [-0.3, -0.25) is 13.9 Å². The maximum atomic E-state index is 11.1. The first-order valence-electron chi connectivity index (χ1n) is 3.97. The number of rotatable bonds is 0. The zero-order valence-electron chi connectivity index (χ0n) is 8.06. The number of hydrogen-bond acceptors (Lipinski definition) is 5. The molecule has 8 nitrogen and oxygen atoms in total. The van der Waals surface area contributed by atoms with Gasteiger partial charge in [0.1, 0.15) is 4.90 Å². The molecule has 1 heterocycles. The molecule has 18 heavy (non-hydrogen) atoms. The number of hydrogen-bond donors (Lipinski definition) is 3. The van der Waals surface area contributed by atoms with Crippen molar-refractivity contribution >= 4 is 55.9 Å². The van der Waals surface area contributed by atoms with Gasteiger partial charge in [0.2, 0.25) is 0 Å². The fourth-order valence-corrected chi connectivity index (χ4v) is 2.29. The predicted octanol–water partition coefficient (Wildman–Crippen LogP) is -1.18. The zero-order chi connectivity index (χ0) is 13.3. The van der Waals surface area contributed by atoms with Crippen LogP contribution in [0.4, 0.5) is 0 Å². The molecule has 0 aliphatic carbocycles. The summed E-state index contributed by atoms with van der Waals surface area (Å²) in [5.41, 5.74) is 0.220. The Labute approximate surface area is 125 Å². The first-order valence-corrected chi connectivity index (χ1v) is 6.85. The van der Waals surface area contributed by atoms with Crippen molar-refractivity contribution in [3.63, 3.8) is 0 Å². The van der Waals surface area contributed by atoms with E-state index in [0.29, 0.717) is 0 Å². The number of nitrogens with one attached hydrogen (secondary N) is 1. The maximum absolute atomic E-state index is 11.1. The van der Waals surface area contributed by atoms with Crippen LogP contribution in [0.15, 0.2) is 29.2 Å². The summed E-state index contributed by atoms with van der Waals surface area (Å²) >= 11 is 0. The SMILES string of the molecule is O=C1NS(=O)(=O)c2ccccc21.O=S(=O)(O)O.[NaH]. The molecule has 1 aromatic carbocycles. The Morgan fingerprint density at radius 3 is 2.00 bits per heavy atom. The molecule has 0 unspecified atom stereocenters. The summed E-state index contributed by atoms with van der Waals surface area (Å²) in [6.45, 7) is 0. The van der Waals surface area contributed by atoms with Crippen LogP contribution in [0, 0.1) is 0 Å². The van der Waals surface area contributed by atoms with Gasteiger partial charge in [-0.1, -0.05) is 12.1 Å². The molecule has 0 atom stereocenters. The quantitative estimate of drug-likeness (QED) is 0.405. The van der Waals surface area contributed by atoms with Crippen LogP contribution < -0.4 is 4.72 Å². The third-order valence-electron chi connectivity index (χ3n) is 1.65. The molecule has 0 radical (unpaired) electrons. The number of amides is 1. The first kappa shape index (κ1) is 17.5. The van der Waals surface area contributed by atoms with Gasteiger partial charge in [-0.15, -0.1) is 0 Å². The van der Waals surface area contributed by atoms with E-state index in [1.54, 1.807) is 12.1 Å². The van der Waals surface area contributed by atoms with Crippen LogP contribution in [0.25, 0.3) is 0 Å². The van der Waals surface area contributed by atoms with Gasteiger partial charge in [0.25, 0.3) is 15.9 Å². The molecule has 0 saturated carbocycles. The van der Waals surface area contributed by atoms with Crippen LogP contribution in [0.1, 0.15) is 10.4 Å². The Morgan fingerprint density at radius 2 is 1.56 bits per heavy atom. The molecule has 0 fully saturated rings. The van der Waals surface area contributed by atoms with E-state index in [2.05, 4.69) is 0 Å². The molecule has 0 saturated heterocycles. The van der Waals surface area contributed by atoms with Crippen molar-refractivity contribution in [1.29, 1.82) is 0 Å². The Balaban J connectivity index is 0.000000421. The van der Waals surface area contributed by atoms with Gasteiger partial charge < -0.3 is 0 Å². The normalized spacial score (nSPS) is 15.6. The van der Waals surface area contributed by atoms with E-state index >= 15 is 0 Å². The molecule has 11 heteroatoms. The van der Waals surface area contributed by atoms with Gasteiger partial charge in [0.05, 0.1) is 5.56 Å². The number of sulfonamides is 1. The van der Waals surface area contributed by atoms with Crippen LogP contribution in [0.5, 0.6) is 0 Å². The van der Waals surface area contributed by atoms with Gasteiger partial charge >= 0.3 is 40.0 Å². The second kappa shape index (κ2) is 6.10. The Kier molecular flexibility index (Phi) is 5.94. The predicted molar refractivity (Wildman–Crippen MR) is 62.4 cm³/mol. The van der Waals surface area contributed by atoms with Crippen molar-refractivity contribution in [1.82, 2.24) is 4.72 Å². The molecule has 2 rings (SSSR count). The Bertz CT molecular complexity index is 644. The molecule has 1 aliphatic rings. The summed E-state index contributed by atoms with van der Waals surface area (Å²) in [6.07, 6.45) is 0. The van der Waals surface area contributed by atoms with Crippen LogP contribution in [-0.4, -0.2) is 61.4 Å². The molecule has 3 N–H and O–H groups in total. The molecule has 0 aromatic heterocycles. The van der Waals surface area contributed by atoms with E-state index in [1.807, 2.05) is 4.72 Å². The van der Waals surface area contributed by atoms with Gasteiger partial charge in [0, 0.05) is 0 Å². The number of carbonyl (C=O) groups is 1. The van der Waals surface area contributed by atoms with Crippen LogP contribution in [-0.2, 0) is 20.4 Å².